The molecule has 14 heavy (non-hydrogen) atoms. The lowest BCUT2D eigenvalue weighted by atomic mass is 10.3. The van der Waals surface area contributed by atoms with Crippen molar-refractivity contribution < 1.29 is 9.53 Å². The Bertz CT molecular complexity index is 341. The van der Waals surface area contributed by atoms with E-state index in [9.17, 15) is 4.79 Å². The fourth-order valence-corrected chi connectivity index (χ4v) is 0.983. The molecular formula is C9H10N2O2S. The maximum absolute atomic E-state index is 10.2. The minimum atomic E-state index is 0.160. The smallest absolute Gasteiger partial charge is 0.211 e. The van der Waals surface area contributed by atoms with Crippen LogP contribution in [-0.4, -0.2) is 18.0 Å². The highest BCUT2D eigenvalue weighted by Crippen LogP contribution is 2.22. The number of hydrogen-bond donors (Lipinski definition) is 2. The Hall–Kier alpha value is -1.62. The Kier molecular flexibility index (Phi) is 3.87. The third-order valence-corrected chi connectivity index (χ3v) is 1.59. The molecule has 3 N–H and O–H groups in total. The van der Waals surface area contributed by atoms with Crippen molar-refractivity contribution in [1.82, 2.24) is 0 Å². The van der Waals surface area contributed by atoms with E-state index in [4.69, 9.17) is 10.5 Å². The van der Waals surface area contributed by atoms with E-state index in [1.807, 2.05) is 0 Å². The van der Waals surface area contributed by atoms with Gasteiger partial charge in [0.25, 0.3) is 0 Å². The predicted molar refractivity (Wildman–Crippen MR) is 58.4 cm³/mol. The van der Waals surface area contributed by atoms with Gasteiger partial charge in [-0.1, -0.05) is 24.4 Å². The zero-order chi connectivity index (χ0) is 10.4. The van der Waals surface area contributed by atoms with Crippen LogP contribution in [-0.2, 0) is 4.79 Å². The second-order valence-corrected chi connectivity index (χ2v) is 3.04. The van der Waals surface area contributed by atoms with Crippen molar-refractivity contribution in [3.8, 4) is 5.75 Å². The molecule has 0 aliphatic rings. The second-order valence-electron chi connectivity index (χ2n) is 2.51. The summed E-state index contributed by atoms with van der Waals surface area (Å²) in [6, 6.07) is 7.04. The van der Waals surface area contributed by atoms with Crippen LogP contribution in [0.15, 0.2) is 24.3 Å². The van der Waals surface area contributed by atoms with Crippen LogP contribution in [0.1, 0.15) is 0 Å². The molecule has 0 saturated heterocycles. The molecule has 0 aliphatic heterocycles. The normalized spacial score (nSPS) is 9.14. The maximum Gasteiger partial charge on any atom is 0.211 e. The molecule has 0 atom stereocenters. The Balaban J connectivity index is 2.73. The van der Waals surface area contributed by atoms with Gasteiger partial charge in [-0.05, 0) is 12.1 Å². The number of carbonyl (C=O) groups is 1. The molecule has 1 aromatic rings. The summed E-state index contributed by atoms with van der Waals surface area (Å²) in [6.07, 6.45) is 0.586. The molecule has 1 amide bonds. The molecule has 1 aromatic carbocycles. The Labute approximate surface area is 87.0 Å². The number of benzene rings is 1. The van der Waals surface area contributed by atoms with Crippen LogP contribution in [0.3, 0.4) is 0 Å². The molecule has 0 aliphatic carbocycles. The minimum absolute atomic E-state index is 0.160. The van der Waals surface area contributed by atoms with Gasteiger partial charge in [0.1, 0.15) is 17.3 Å². The number of ether oxygens (including phenoxy) is 1. The van der Waals surface area contributed by atoms with Crippen LogP contribution in [0.5, 0.6) is 5.75 Å². The highest BCUT2D eigenvalue weighted by atomic mass is 32.1. The number of nitrogens with two attached hydrogens (primary N) is 1. The van der Waals surface area contributed by atoms with E-state index in [0.29, 0.717) is 17.8 Å². The third-order valence-electron chi connectivity index (χ3n) is 1.47. The molecule has 0 spiro atoms. The first-order chi connectivity index (χ1) is 6.74. The van der Waals surface area contributed by atoms with Crippen molar-refractivity contribution in [2.24, 2.45) is 5.73 Å². The summed E-state index contributed by atoms with van der Waals surface area (Å²) in [4.78, 5) is 10.5. The first-order valence-corrected chi connectivity index (χ1v) is 4.35. The average molecular weight is 210 g/mol. The van der Waals surface area contributed by atoms with Crippen LogP contribution in [0.2, 0.25) is 0 Å². The van der Waals surface area contributed by atoms with Gasteiger partial charge in [-0.3, -0.25) is 4.79 Å². The van der Waals surface area contributed by atoms with Gasteiger partial charge in [0, 0.05) is 0 Å². The standard InChI is InChI=1S/C9H10N2O2S/c10-9(14)5-13-8-4-2-1-3-7(8)11-6-12/h1-4,6H,5H2,(H2,10,14)(H,11,12). The van der Waals surface area contributed by atoms with Crippen LogP contribution in [0.4, 0.5) is 5.69 Å². The molecule has 0 aromatic heterocycles. The lowest BCUT2D eigenvalue weighted by Gasteiger charge is -2.08. The number of carbonyl (C=O) groups excluding carboxylic acids is 1. The summed E-state index contributed by atoms with van der Waals surface area (Å²) in [5.74, 6) is 0.549. The molecule has 0 saturated carbocycles. The second kappa shape index (κ2) is 5.18. The van der Waals surface area contributed by atoms with Gasteiger partial charge in [-0.2, -0.15) is 0 Å². The van der Waals surface area contributed by atoms with Gasteiger partial charge >= 0.3 is 0 Å². The van der Waals surface area contributed by atoms with E-state index in [0.717, 1.165) is 0 Å². The van der Waals surface area contributed by atoms with E-state index in [-0.39, 0.29) is 11.6 Å². The van der Waals surface area contributed by atoms with Gasteiger partial charge in [0.15, 0.2) is 0 Å². The molecule has 4 nitrogen and oxygen atoms in total. The third kappa shape index (κ3) is 3.02. The largest absolute Gasteiger partial charge is 0.484 e. The van der Waals surface area contributed by atoms with Crippen molar-refractivity contribution in [2.45, 2.75) is 0 Å². The molecule has 5 heteroatoms. The SMILES string of the molecule is NC(=S)COc1ccccc1NC=O. The molecule has 0 bridgehead atoms. The molecule has 0 fully saturated rings. The summed E-state index contributed by atoms with van der Waals surface area (Å²) in [6.45, 7) is 0.160. The van der Waals surface area contributed by atoms with Crippen LogP contribution in [0.25, 0.3) is 0 Å². The van der Waals surface area contributed by atoms with E-state index in [1.54, 1.807) is 24.3 Å². The Morgan fingerprint density at radius 3 is 2.93 bits per heavy atom. The summed E-state index contributed by atoms with van der Waals surface area (Å²) in [5, 5.41) is 2.51. The van der Waals surface area contributed by atoms with Crippen LogP contribution >= 0.6 is 12.2 Å². The van der Waals surface area contributed by atoms with Crippen molar-refractivity contribution in [3.63, 3.8) is 0 Å². The van der Waals surface area contributed by atoms with Crippen LogP contribution in [0, 0.1) is 0 Å². The summed E-state index contributed by atoms with van der Waals surface area (Å²) in [7, 11) is 0. The molecule has 1 rings (SSSR count). The topological polar surface area (TPSA) is 64.3 Å². The van der Waals surface area contributed by atoms with Crippen molar-refractivity contribution in [2.75, 3.05) is 11.9 Å². The highest BCUT2D eigenvalue weighted by Gasteiger charge is 2.01. The van der Waals surface area contributed by atoms with E-state index in [1.165, 1.54) is 0 Å². The molecular weight excluding hydrogens is 200 g/mol. The van der Waals surface area contributed by atoms with E-state index < -0.39 is 0 Å². The van der Waals surface area contributed by atoms with Gasteiger partial charge in [0.05, 0.1) is 5.69 Å². The van der Waals surface area contributed by atoms with Crippen LogP contribution < -0.4 is 15.8 Å². The minimum Gasteiger partial charge on any atom is -0.484 e. The van der Waals surface area contributed by atoms with Gasteiger partial charge in [0.2, 0.25) is 6.41 Å². The Morgan fingerprint density at radius 2 is 2.29 bits per heavy atom. The van der Waals surface area contributed by atoms with Gasteiger partial charge in [-0.25, -0.2) is 0 Å². The fraction of sp³-hybridized carbons (Fsp3) is 0.111. The van der Waals surface area contributed by atoms with Crippen molar-refractivity contribution >= 4 is 29.3 Å². The predicted octanol–water partition coefficient (Wildman–Crippen LogP) is 0.920. The summed E-state index contributed by atoms with van der Waals surface area (Å²) in [5.41, 5.74) is 5.88. The van der Waals surface area contributed by atoms with Crippen molar-refractivity contribution in [3.05, 3.63) is 24.3 Å². The monoisotopic (exact) mass is 210 g/mol. The lowest BCUT2D eigenvalue weighted by Crippen LogP contribution is -2.18. The van der Waals surface area contributed by atoms with Gasteiger partial charge in [-0.15, -0.1) is 0 Å². The number of thiocarbonyl (C=S) groups is 1. The zero-order valence-electron chi connectivity index (χ0n) is 7.40. The first-order valence-electron chi connectivity index (χ1n) is 3.94. The highest BCUT2D eigenvalue weighted by molar-refractivity contribution is 7.80. The number of amides is 1. The number of rotatable bonds is 5. The first kappa shape index (κ1) is 10.5. The Morgan fingerprint density at radius 1 is 1.57 bits per heavy atom. The average Bonchev–Trinajstić information content (AvgIpc) is 2.17. The zero-order valence-corrected chi connectivity index (χ0v) is 8.21. The molecule has 0 unspecified atom stereocenters. The van der Waals surface area contributed by atoms with Crippen molar-refractivity contribution in [1.29, 1.82) is 0 Å². The summed E-state index contributed by atoms with van der Waals surface area (Å²) >= 11 is 4.67. The number of nitrogens with one attached hydrogen (secondary N) is 1. The molecule has 74 valence electrons. The summed E-state index contributed by atoms with van der Waals surface area (Å²) < 4.78 is 5.26. The number of para-hydroxylation sites is 2. The molecule has 0 heterocycles. The van der Waals surface area contributed by atoms with E-state index in [2.05, 4.69) is 17.5 Å². The lowest BCUT2D eigenvalue weighted by molar-refractivity contribution is -0.105. The number of anilines is 1. The number of hydrogen-bond acceptors (Lipinski definition) is 3. The van der Waals surface area contributed by atoms with Gasteiger partial charge < -0.3 is 15.8 Å². The van der Waals surface area contributed by atoms with E-state index >= 15 is 0 Å². The maximum atomic E-state index is 10.2. The molecule has 0 radical (unpaired) electrons. The quantitative estimate of drug-likeness (QED) is 0.560. The fourth-order valence-electron chi connectivity index (χ4n) is 0.924.